The summed E-state index contributed by atoms with van der Waals surface area (Å²) in [6.07, 6.45) is 4.81. The van der Waals surface area contributed by atoms with Gasteiger partial charge in [0.25, 0.3) is 0 Å². The van der Waals surface area contributed by atoms with Crippen molar-refractivity contribution >= 4 is 0 Å². The number of nitrogens with zero attached hydrogens (tertiary/aromatic N) is 2. The Morgan fingerprint density at radius 1 is 1.29 bits per heavy atom. The molecule has 1 aliphatic rings. The number of hydrogen-bond acceptors (Lipinski definition) is 4. The Hall–Kier alpha value is -0.840. The smallest absolute Gasteiger partial charge is 0.0947 e. The van der Waals surface area contributed by atoms with Crippen LogP contribution >= 0.6 is 0 Å². The van der Waals surface area contributed by atoms with Gasteiger partial charge in [-0.2, -0.15) is 0 Å². The lowest BCUT2D eigenvalue weighted by Crippen LogP contribution is -2.34. The number of nitrogens with one attached hydrogen (secondary N) is 1. The first kappa shape index (κ1) is 12.6. The highest BCUT2D eigenvalue weighted by Gasteiger charge is 2.10. The molecule has 0 unspecified atom stereocenters. The Morgan fingerprint density at radius 2 is 2.24 bits per heavy atom. The largest absolute Gasteiger partial charge is 0.472 e. The molecule has 0 aliphatic carbocycles. The molecule has 0 saturated carbocycles. The average Bonchev–Trinajstić information content (AvgIpc) is 2.75. The molecule has 4 nitrogen and oxygen atoms in total. The lowest BCUT2D eigenvalue weighted by molar-refractivity contribution is 0.275. The first-order valence-corrected chi connectivity index (χ1v) is 6.47. The highest BCUT2D eigenvalue weighted by atomic mass is 16.3. The van der Waals surface area contributed by atoms with Gasteiger partial charge in [0.15, 0.2) is 0 Å². The molecule has 2 rings (SSSR count). The number of furan rings is 1. The number of hydrogen-bond donors (Lipinski definition) is 1. The van der Waals surface area contributed by atoms with Crippen LogP contribution in [-0.2, 0) is 6.54 Å². The van der Waals surface area contributed by atoms with Crippen LogP contribution in [0.1, 0.15) is 12.0 Å². The summed E-state index contributed by atoms with van der Waals surface area (Å²) in [6.45, 7) is 7.97. The molecule has 0 spiro atoms. The third-order valence-electron chi connectivity index (χ3n) is 3.33. The van der Waals surface area contributed by atoms with Gasteiger partial charge < -0.3 is 19.5 Å². The predicted octanol–water partition coefficient (Wildman–Crippen LogP) is 1.01. The highest BCUT2D eigenvalue weighted by Crippen LogP contribution is 2.01. The van der Waals surface area contributed by atoms with Gasteiger partial charge in [-0.05, 0) is 32.6 Å². The van der Waals surface area contributed by atoms with E-state index in [1.807, 2.05) is 6.07 Å². The minimum Gasteiger partial charge on any atom is -0.472 e. The molecular formula is C13H23N3O. The molecule has 17 heavy (non-hydrogen) atoms. The van der Waals surface area contributed by atoms with Crippen LogP contribution in [0.5, 0.6) is 0 Å². The summed E-state index contributed by atoms with van der Waals surface area (Å²) in [5, 5.41) is 3.45. The molecule has 1 aromatic rings. The van der Waals surface area contributed by atoms with Crippen molar-refractivity contribution < 1.29 is 4.42 Å². The molecule has 1 saturated heterocycles. The van der Waals surface area contributed by atoms with E-state index >= 15 is 0 Å². The zero-order valence-electron chi connectivity index (χ0n) is 10.7. The van der Waals surface area contributed by atoms with Crippen LogP contribution < -0.4 is 5.32 Å². The van der Waals surface area contributed by atoms with E-state index in [0.717, 1.165) is 19.6 Å². The second-order valence-corrected chi connectivity index (χ2v) is 4.81. The fourth-order valence-corrected chi connectivity index (χ4v) is 2.19. The fourth-order valence-electron chi connectivity index (χ4n) is 2.19. The van der Waals surface area contributed by atoms with Crippen LogP contribution in [0.25, 0.3) is 0 Å². The van der Waals surface area contributed by atoms with E-state index in [4.69, 9.17) is 4.42 Å². The van der Waals surface area contributed by atoms with Gasteiger partial charge >= 0.3 is 0 Å². The maximum Gasteiger partial charge on any atom is 0.0947 e. The van der Waals surface area contributed by atoms with Crippen molar-refractivity contribution in [3.63, 3.8) is 0 Å². The Morgan fingerprint density at radius 3 is 3.06 bits per heavy atom. The van der Waals surface area contributed by atoms with Crippen molar-refractivity contribution in [3.05, 3.63) is 24.2 Å². The maximum atomic E-state index is 5.03. The molecular weight excluding hydrogens is 214 g/mol. The molecule has 0 atom stereocenters. The van der Waals surface area contributed by atoms with Crippen LogP contribution in [0.4, 0.5) is 0 Å². The van der Waals surface area contributed by atoms with E-state index in [1.165, 1.54) is 38.2 Å². The SMILES string of the molecule is CN1CCCN(CCNCc2ccoc2)CC1. The topological polar surface area (TPSA) is 31.6 Å². The van der Waals surface area contributed by atoms with Gasteiger partial charge in [-0.1, -0.05) is 0 Å². The zero-order chi connectivity index (χ0) is 11.9. The monoisotopic (exact) mass is 237 g/mol. The van der Waals surface area contributed by atoms with Gasteiger partial charge in [-0.25, -0.2) is 0 Å². The summed E-state index contributed by atoms with van der Waals surface area (Å²) in [7, 11) is 2.21. The Labute approximate surface area is 104 Å². The zero-order valence-corrected chi connectivity index (χ0v) is 10.7. The normalized spacial score (nSPS) is 19.4. The van der Waals surface area contributed by atoms with E-state index in [0.29, 0.717) is 0 Å². The first-order valence-electron chi connectivity index (χ1n) is 6.47. The molecule has 0 radical (unpaired) electrons. The van der Waals surface area contributed by atoms with Crippen molar-refractivity contribution in [1.82, 2.24) is 15.1 Å². The quantitative estimate of drug-likeness (QED) is 0.775. The van der Waals surface area contributed by atoms with Crippen molar-refractivity contribution in [2.45, 2.75) is 13.0 Å². The molecule has 1 N–H and O–H groups in total. The molecule has 96 valence electrons. The molecule has 2 heterocycles. The molecule has 1 aliphatic heterocycles. The standard InChI is InChI=1S/C13H23N3O/c1-15-5-2-6-16(9-8-15)7-4-14-11-13-3-10-17-12-13/h3,10,12,14H,2,4-9,11H2,1H3. The van der Waals surface area contributed by atoms with Crippen molar-refractivity contribution in [2.24, 2.45) is 0 Å². The van der Waals surface area contributed by atoms with Gasteiger partial charge in [-0.3, -0.25) is 0 Å². The second-order valence-electron chi connectivity index (χ2n) is 4.81. The number of rotatable bonds is 5. The number of likely N-dealkylation sites (N-methyl/N-ethyl adjacent to an activating group) is 1. The van der Waals surface area contributed by atoms with Gasteiger partial charge in [0.1, 0.15) is 0 Å². The van der Waals surface area contributed by atoms with Crippen LogP contribution in [-0.4, -0.2) is 56.1 Å². The van der Waals surface area contributed by atoms with E-state index in [1.54, 1.807) is 12.5 Å². The second kappa shape index (κ2) is 6.79. The fraction of sp³-hybridized carbons (Fsp3) is 0.692. The van der Waals surface area contributed by atoms with Gasteiger partial charge in [-0.15, -0.1) is 0 Å². The van der Waals surface area contributed by atoms with Crippen LogP contribution in [0.15, 0.2) is 23.0 Å². The lowest BCUT2D eigenvalue weighted by atomic mass is 10.3. The summed E-state index contributed by atoms with van der Waals surface area (Å²) in [5.41, 5.74) is 1.22. The maximum absolute atomic E-state index is 5.03. The van der Waals surface area contributed by atoms with Gasteiger partial charge in [0, 0.05) is 38.3 Å². The van der Waals surface area contributed by atoms with E-state index in [-0.39, 0.29) is 0 Å². The van der Waals surface area contributed by atoms with Crippen LogP contribution in [0, 0.1) is 0 Å². The van der Waals surface area contributed by atoms with E-state index in [9.17, 15) is 0 Å². The summed E-state index contributed by atoms with van der Waals surface area (Å²) in [6, 6.07) is 2.01. The third kappa shape index (κ3) is 4.50. The van der Waals surface area contributed by atoms with Crippen LogP contribution in [0.3, 0.4) is 0 Å². The molecule has 4 heteroatoms. The Balaban J connectivity index is 1.58. The van der Waals surface area contributed by atoms with Crippen molar-refractivity contribution in [2.75, 3.05) is 46.3 Å². The first-order chi connectivity index (χ1) is 8.34. The minimum atomic E-state index is 0.907. The summed E-state index contributed by atoms with van der Waals surface area (Å²) < 4.78 is 5.03. The van der Waals surface area contributed by atoms with Gasteiger partial charge in [0.2, 0.25) is 0 Å². The average molecular weight is 237 g/mol. The highest BCUT2D eigenvalue weighted by molar-refractivity contribution is 5.04. The Bertz CT molecular complexity index is 300. The summed E-state index contributed by atoms with van der Waals surface area (Å²) >= 11 is 0. The van der Waals surface area contributed by atoms with Crippen LogP contribution in [0.2, 0.25) is 0 Å². The summed E-state index contributed by atoms with van der Waals surface area (Å²) in [4.78, 5) is 4.96. The lowest BCUT2D eigenvalue weighted by Gasteiger charge is -2.20. The molecule has 1 fully saturated rings. The molecule has 0 aromatic carbocycles. The minimum absolute atomic E-state index is 0.907. The third-order valence-corrected chi connectivity index (χ3v) is 3.33. The Kier molecular flexibility index (Phi) is 5.04. The molecule has 0 bridgehead atoms. The van der Waals surface area contributed by atoms with Crippen molar-refractivity contribution in [1.29, 1.82) is 0 Å². The molecule has 0 amide bonds. The van der Waals surface area contributed by atoms with Crippen molar-refractivity contribution in [3.8, 4) is 0 Å². The molecule has 1 aromatic heterocycles. The predicted molar refractivity (Wildman–Crippen MR) is 69.0 cm³/mol. The van der Waals surface area contributed by atoms with E-state index < -0.39 is 0 Å². The summed E-state index contributed by atoms with van der Waals surface area (Å²) in [5.74, 6) is 0. The van der Waals surface area contributed by atoms with E-state index in [2.05, 4.69) is 22.2 Å². The van der Waals surface area contributed by atoms with Gasteiger partial charge in [0.05, 0.1) is 12.5 Å².